The van der Waals surface area contributed by atoms with Gasteiger partial charge in [-0.05, 0) is 12.5 Å². The molecule has 0 aromatic heterocycles. The van der Waals surface area contributed by atoms with Gasteiger partial charge in [0, 0.05) is 13.1 Å². The van der Waals surface area contributed by atoms with Crippen LogP contribution in [-0.2, 0) is 0 Å². The molecule has 0 bridgehead atoms. The molecule has 1 saturated carbocycles. The molecule has 0 aromatic carbocycles. The minimum Gasteiger partial charge on any atom is -0.305 e. The Labute approximate surface area is 57.8 Å². The van der Waals surface area contributed by atoms with Gasteiger partial charge in [0.2, 0.25) is 0 Å². The highest BCUT2D eigenvalue weighted by Crippen LogP contribution is 2.52. The summed E-state index contributed by atoms with van der Waals surface area (Å²) in [5.74, 6) is 0.527. The summed E-state index contributed by atoms with van der Waals surface area (Å²) in [5, 5.41) is 0. The molecule has 1 spiro atoms. The van der Waals surface area contributed by atoms with E-state index in [1.165, 1.54) is 25.9 Å². The van der Waals surface area contributed by atoms with Gasteiger partial charge in [0.15, 0.2) is 0 Å². The summed E-state index contributed by atoms with van der Waals surface area (Å²) >= 11 is 0. The van der Waals surface area contributed by atoms with E-state index >= 15 is 0 Å². The fourth-order valence-corrected chi connectivity index (χ4v) is 2.41. The molecule has 2 heteroatoms. The summed E-state index contributed by atoms with van der Waals surface area (Å²) < 4.78 is 0. The highest BCUT2D eigenvalue weighted by Gasteiger charge is 2.48. The monoisotopic (exact) mass is 121 g/mol. The molecule has 0 aromatic rings. The summed E-state index contributed by atoms with van der Waals surface area (Å²) in [6, 6.07) is 0. The van der Waals surface area contributed by atoms with Crippen LogP contribution >= 0.6 is 0 Å². The van der Waals surface area contributed by atoms with Gasteiger partial charge in [-0.15, -0.1) is 0 Å². The van der Waals surface area contributed by atoms with Gasteiger partial charge >= 0.3 is 0 Å². The fourth-order valence-electron chi connectivity index (χ4n) is 2.41. The number of rotatable bonds is 0. The number of likely N-dealkylation sites (tertiary alicyclic amines) is 1. The van der Waals surface area contributed by atoms with Gasteiger partial charge in [-0.2, -0.15) is 0 Å². The molecule has 1 aliphatic carbocycles. The van der Waals surface area contributed by atoms with E-state index in [1.807, 2.05) is 0 Å². The first-order chi connectivity index (χ1) is 4.20. The minimum atomic E-state index is 0.527. The third-order valence-electron chi connectivity index (χ3n) is 2.60. The van der Waals surface area contributed by atoms with Crippen LogP contribution < -0.4 is 0 Å². The van der Waals surface area contributed by atoms with Crippen LogP contribution in [0.5, 0.6) is 0 Å². The van der Waals surface area contributed by atoms with E-state index in [-0.39, 0.29) is 0 Å². The van der Waals surface area contributed by atoms with Crippen LogP contribution in [0.2, 0.25) is 5.82 Å². The van der Waals surface area contributed by atoms with Gasteiger partial charge < -0.3 is 4.90 Å². The van der Waals surface area contributed by atoms with E-state index in [4.69, 9.17) is 7.85 Å². The normalized spacial score (nSPS) is 33.9. The maximum absolute atomic E-state index is 5.69. The molecule has 1 saturated heterocycles. The molecule has 2 aliphatic rings. The Kier molecular flexibility index (Phi) is 0.991. The summed E-state index contributed by atoms with van der Waals surface area (Å²) in [7, 11) is 7.87. The van der Waals surface area contributed by atoms with E-state index in [1.54, 1.807) is 0 Å². The number of nitrogens with zero attached hydrogens (tertiary/aromatic N) is 1. The molecule has 9 heavy (non-hydrogen) atoms. The van der Waals surface area contributed by atoms with Crippen LogP contribution in [0.3, 0.4) is 0 Å². The van der Waals surface area contributed by atoms with E-state index in [0.717, 1.165) is 0 Å². The molecular weight excluding hydrogens is 109 g/mol. The van der Waals surface area contributed by atoms with Crippen molar-refractivity contribution in [3.8, 4) is 0 Å². The zero-order chi connectivity index (χ0) is 6.48. The molecule has 2 rings (SSSR count). The average Bonchev–Trinajstić information content (AvgIpc) is 1.58. The zero-order valence-corrected chi connectivity index (χ0v) is 5.93. The van der Waals surface area contributed by atoms with E-state index in [0.29, 0.717) is 11.2 Å². The third-order valence-corrected chi connectivity index (χ3v) is 2.60. The Morgan fingerprint density at radius 1 is 1.44 bits per heavy atom. The van der Waals surface area contributed by atoms with E-state index in [2.05, 4.69) is 11.9 Å². The van der Waals surface area contributed by atoms with Crippen LogP contribution in [0.1, 0.15) is 12.8 Å². The molecule has 1 nitrogen and oxygen atoms in total. The Morgan fingerprint density at radius 2 is 2.00 bits per heavy atom. The smallest absolute Gasteiger partial charge is 0.0700 e. The molecule has 0 atom stereocenters. The van der Waals surface area contributed by atoms with Gasteiger partial charge in [-0.1, -0.05) is 18.7 Å². The first kappa shape index (κ1) is 5.78. The molecule has 0 unspecified atom stereocenters. The first-order valence-corrected chi connectivity index (χ1v) is 3.64. The van der Waals surface area contributed by atoms with Crippen LogP contribution in [0.4, 0.5) is 0 Å². The quantitative estimate of drug-likeness (QED) is 0.425. The number of hydrogen-bond donors (Lipinski definition) is 0. The van der Waals surface area contributed by atoms with Crippen molar-refractivity contribution in [1.82, 2.24) is 4.90 Å². The molecular formula is C7H12BN. The summed E-state index contributed by atoms with van der Waals surface area (Å²) in [6.45, 7) is 2.58. The largest absolute Gasteiger partial charge is 0.305 e. The predicted octanol–water partition coefficient (Wildman–Crippen LogP) is 0.669. The molecule has 48 valence electrons. The SMILES string of the molecule is [B]C1CC2(C1)CN(C)C2. The summed E-state index contributed by atoms with van der Waals surface area (Å²) in [5.41, 5.74) is 0.689. The number of hydrogen-bond acceptors (Lipinski definition) is 1. The third kappa shape index (κ3) is 0.726. The highest BCUT2D eigenvalue weighted by atomic mass is 15.2. The van der Waals surface area contributed by atoms with Crippen molar-refractivity contribution >= 4 is 7.85 Å². The van der Waals surface area contributed by atoms with Gasteiger partial charge in [0.25, 0.3) is 0 Å². The lowest BCUT2D eigenvalue weighted by Gasteiger charge is -2.58. The molecule has 2 radical (unpaired) electrons. The molecule has 1 heterocycles. The summed E-state index contributed by atoms with van der Waals surface area (Å²) in [6.07, 6.45) is 2.55. The summed E-state index contributed by atoms with van der Waals surface area (Å²) in [4.78, 5) is 2.37. The van der Waals surface area contributed by atoms with Crippen molar-refractivity contribution < 1.29 is 0 Å². The van der Waals surface area contributed by atoms with Crippen molar-refractivity contribution in [3.05, 3.63) is 0 Å². The molecule has 0 N–H and O–H groups in total. The zero-order valence-electron chi connectivity index (χ0n) is 5.93. The van der Waals surface area contributed by atoms with Crippen LogP contribution in [0.25, 0.3) is 0 Å². The van der Waals surface area contributed by atoms with Gasteiger partial charge in [-0.25, -0.2) is 0 Å². The standard InChI is InChI=1S/C7H12BN/c1-9-4-7(5-9)2-6(8)3-7/h6H,2-5H2,1H3. The first-order valence-electron chi connectivity index (χ1n) is 3.64. The Balaban J connectivity index is 1.87. The highest BCUT2D eigenvalue weighted by molar-refractivity contribution is 6.12. The Morgan fingerprint density at radius 3 is 2.33 bits per heavy atom. The van der Waals surface area contributed by atoms with Crippen molar-refractivity contribution in [2.75, 3.05) is 20.1 Å². The van der Waals surface area contributed by atoms with Crippen LogP contribution in [0, 0.1) is 5.41 Å². The van der Waals surface area contributed by atoms with Crippen LogP contribution in [-0.4, -0.2) is 32.9 Å². The van der Waals surface area contributed by atoms with Crippen molar-refractivity contribution in [2.45, 2.75) is 18.7 Å². The fraction of sp³-hybridized carbons (Fsp3) is 1.00. The molecule has 0 amide bonds. The van der Waals surface area contributed by atoms with Gasteiger partial charge in [0.05, 0.1) is 7.85 Å². The maximum Gasteiger partial charge on any atom is 0.0700 e. The molecule has 1 aliphatic heterocycles. The predicted molar refractivity (Wildman–Crippen MR) is 38.7 cm³/mol. The van der Waals surface area contributed by atoms with Crippen molar-refractivity contribution in [3.63, 3.8) is 0 Å². The van der Waals surface area contributed by atoms with Crippen LogP contribution in [0.15, 0.2) is 0 Å². The lowest BCUT2D eigenvalue weighted by atomic mass is 9.52. The second-order valence-corrected chi connectivity index (χ2v) is 3.84. The topological polar surface area (TPSA) is 3.24 Å². The Bertz CT molecular complexity index is 103. The van der Waals surface area contributed by atoms with Gasteiger partial charge in [0.1, 0.15) is 0 Å². The lowest BCUT2D eigenvalue weighted by Crippen LogP contribution is -2.59. The van der Waals surface area contributed by atoms with E-state index < -0.39 is 0 Å². The Hall–Kier alpha value is 0.0249. The molecule has 2 fully saturated rings. The van der Waals surface area contributed by atoms with Crippen molar-refractivity contribution in [1.29, 1.82) is 0 Å². The average molecular weight is 121 g/mol. The van der Waals surface area contributed by atoms with E-state index in [9.17, 15) is 0 Å². The van der Waals surface area contributed by atoms with Gasteiger partial charge in [-0.3, -0.25) is 0 Å². The van der Waals surface area contributed by atoms with Crippen molar-refractivity contribution in [2.24, 2.45) is 5.41 Å². The lowest BCUT2D eigenvalue weighted by molar-refractivity contribution is -0.0427. The second-order valence-electron chi connectivity index (χ2n) is 3.84. The second kappa shape index (κ2) is 1.54. The minimum absolute atomic E-state index is 0.527. The maximum atomic E-state index is 5.69.